The van der Waals surface area contributed by atoms with E-state index in [1.807, 2.05) is 41.4 Å². The molecule has 0 saturated heterocycles. The molecule has 3 aromatic heterocycles. The number of hydrogen-bond acceptors (Lipinski definition) is 8. The van der Waals surface area contributed by atoms with Crippen LogP contribution >= 0.6 is 0 Å². The van der Waals surface area contributed by atoms with Crippen LogP contribution in [0.3, 0.4) is 0 Å². The van der Waals surface area contributed by atoms with Crippen molar-refractivity contribution in [2.45, 2.75) is 58.5 Å². The maximum Gasteiger partial charge on any atom is 0.335 e. The molecule has 0 saturated carbocycles. The summed E-state index contributed by atoms with van der Waals surface area (Å²) in [5.74, 6) is 1.28. The monoisotopic (exact) mass is 501 g/mol. The van der Waals surface area contributed by atoms with Crippen LogP contribution in [0.1, 0.15) is 44.9 Å². The topological polar surface area (TPSA) is 137 Å². The highest BCUT2D eigenvalue weighted by atomic mass is 16.2. The maximum absolute atomic E-state index is 13.9. The number of imidazole rings is 1. The van der Waals surface area contributed by atoms with Gasteiger partial charge in [0.2, 0.25) is 5.82 Å². The molecule has 4 heterocycles. The normalized spacial score (nSPS) is 14.4. The van der Waals surface area contributed by atoms with Crippen LogP contribution in [-0.2, 0) is 24.9 Å². The van der Waals surface area contributed by atoms with Crippen LogP contribution in [0.2, 0.25) is 0 Å². The lowest BCUT2D eigenvalue weighted by atomic mass is 9.78. The molecular weight excluding hydrogens is 470 g/mol. The van der Waals surface area contributed by atoms with Crippen molar-refractivity contribution in [3.8, 4) is 17.3 Å². The van der Waals surface area contributed by atoms with E-state index in [0.717, 1.165) is 36.1 Å². The molecule has 0 unspecified atom stereocenters. The quantitative estimate of drug-likeness (QED) is 0.338. The summed E-state index contributed by atoms with van der Waals surface area (Å²) < 4.78 is 5.12. The first kappa shape index (κ1) is 24.3. The first-order valence-corrected chi connectivity index (χ1v) is 12.5. The second-order valence-corrected chi connectivity index (χ2v) is 9.71. The van der Waals surface area contributed by atoms with Gasteiger partial charge in [0.05, 0.1) is 5.41 Å². The van der Waals surface area contributed by atoms with E-state index in [2.05, 4.69) is 80.5 Å². The van der Waals surface area contributed by atoms with Gasteiger partial charge >= 0.3 is 5.69 Å². The molecule has 0 fully saturated rings. The Balaban J connectivity index is 1.60. The van der Waals surface area contributed by atoms with Gasteiger partial charge in [-0.3, -0.25) is 4.57 Å². The van der Waals surface area contributed by atoms with Crippen molar-refractivity contribution < 1.29 is 0 Å². The molecule has 5 rings (SSSR count). The Morgan fingerprint density at radius 3 is 2.70 bits per heavy atom. The van der Waals surface area contributed by atoms with E-state index >= 15 is 0 Å². The van der Waals surface area contributed by atoms with Crippen molar-refractivity contribution in [2.24, 2.45) is 5.92 Å². The van der Waals surface area contributed by atoms with Gasteiger partial charge in [0.15, 0.2) is 0 Å². The Kier molecular flexibility index (Phi) is 6.80. The number of H-pyrrole nitrogens is 1. The summed E-state index contributed by atoms with van der Waals surface area (Å²) in [5.41, 5.74) is 2.05. The lowest BCUT2D eigenvalue weighted by Gasteiger charge is -2.31. The van der Waals surface area contributed by atoms with Gasteiger partial charge in [-0.2, -0.15) is 5.21 Å². The Hall–Kier alpha value is -4.35. The number of rotatable bonds is 10. The fraction of sp³-hybridized carbons (Fsp3) is 0.400. The number of unbranched alkanes of at least 4 members (excludes halogenated alkanes) is 1. The van der Waals surface area contributed by atoms with E-state index in [0.29, 0.717) is 30.8 Å². The largest absolute Gasteiger partial charge is 0.368 e. The summed E-state index contributed by atoms with van der Waals surface area (Å²) in [6.07, 6.45) is 12.6. The third-order valence-electron chi connectivity index (χ3n) is 6.49. The first-order chi connectivity index (χ1) is 18.0. The van der Waals surface area contributed by atoms with Gasteiger partial charge < -0.3 is 5.32 Å². The third kappa shape index (κ3) is 4.86. The standard InChI is InChI=1S/C25H31N11O/c1-4-5-9-21-16-34(23-29-32-33-36(23)15-18(2)3)24(37)35(21)17-25(10-12-26-13-11-25)20-8-6-7-19(14-20)22-27-30-31-28-22/h6-8,10-14,16,18,26H,4-5,9,15,17H2,1-3H3,(H,27,28,30,31). The summed E-state index contributed by atoms with van der Waals surface area (Å²) >= 11 is 0. The average molecular weight is 502 g/mol. The molecule has 0 atom stereocenters. The second-order valence-electron chi connectivity index (χ2n) is 9.71. The van der Waals surface area contributed by atoms with Crippen LogP contribution < -0.4 is 11.0 Å². The molecule has 0 radical (unpaired) electrons. The molecule has 192 valence electrons. The Labute approximate surface area is 214 Å². The van der Waals surface area contributed by atoms with Crippen LogP contribution in [0.5, 0.6) is 0 Å². The van der Waals surface area contributed by atoms with Gasteiger partial charge in [0, 0.05) is 30.5 Å². The number of nitrogens with zero attached hydrogens (tertiary/aromatic N) is 9. The van der Waals surface area contributed by atoms with Crippen molar-refractivity contribution in [2.75, 3.05) is 0 Å². The molecule has 1 aliphatic rings. The summed E-state index contributed by atoms with van der Waals surface area (Å²) in [6, 6.07) is 8.02. The number of aromatic nitrogens is 10. The molecule has 37 heavy (non-hydrogen) atoms. The highest BCUT2D eigenvalue weighted by molar-refractivity contribution is 5.57. The van der Waals surface area contributed by atoms with Crippen molar-refractivity contribution in [1.82, 2.24) is 55.3 Å². The number of aryl methyl sites for hydroxylation is 1. The number of benzene rings is 1. The minimum atomic E-state index is -0.578. The molecule has 2 N–H and O–H groups in total. The number of aromatic amines is 1. The first-order valence-electron chi connectivity index (χ1n) is 12.5. The van der Waals surface area contributed by atoms with Gasteiger partial charge in [-0.15, -0.1) is 10.2 Å². The minimum Gasteiger partial charge on any atom is -0.368 e. The van der Waals surface area contributed by atoms with Gasteiger partial charge in [0.25, 0.3) is 5.95 Å². The van der Waals surface area contributed by atoms with E-state index in [1.54, 1.807) is 9.25 Å². The third-order valence-corrected chi connectivity index (χ3v) is 6.49. The van der Waals surface area contributed by atoms with Gasteiger partial charge in [-0.05, 0) is 58.4 Å². The Morgan fingerprint density at radius 2 is 1.97 bits per heavy atom. The molecule has 0 amide bonds. The lowest BCUT2D eigenvalue weighted by molar-refractivity contribution is 0.462. The summed E-state index contributed by atoms with van der Waals surface area (Å²) in [4.78, 5) is 13.9. The molecular formula is C25H31N11O. The van der Waals surface area contributed by atoms with Crippen molar-refractivity contribution in [1.29, 1.82) is 0 Å². The zero-order chi connectivity index (χ0) is 25.8. The highest BCUT2D eigenvalue weighted by Crippen LogP contribution is 2.33. The highest BCUT2D eigenvalue weighted by Gasteiger charge is 2.32. The van der Waals surface area contributed by atoms with Gasteiger partial charge in [0.1, 0.15) is 0 Å². The molecule has 12 nitrogen and oxygen atoms in total. The second kappa shape index (κ2) is 10.3. The zero-order valence-corrected chi connectivity index (χ0v) is 21.2. The number of nitrogens with one attached hydrogen (secondary N) is 2. The van der Waals surface area contributed by atoms with E-state index in [-0.39, 0.29) is 5.69 Å². The van der Waals surface area contributed by atoms with Crippen LogP contribution in [0.25, 0.3) is 17.3 Å². The molecule has 0 bridgehead atoms. The predicted molar refractivity (Wildman–Crippen MR) is 138 cm³/mol. The van der Waals surface area contributed by atoms with Crippen molar-refractivity contribution in [3.05, 3.63) is 76.8 Å². The van der Waals surface area contributed by atoms with E-state index in [1.165, 1.54) is 0 Å². The maximum atomic E-state index is 13.9. The van der Waals surface area contributed by atoms with E-state index in [9.17, 15) is 4.79 Å². The molecule has 0 spiro atoms. The SMILES string of the molecule is CCCCc1cn(-c2nnnn2CC(C)C)c(=O)n1CC1(c2cccc(-c3nn[nH]n3)c2)C=CNC=C1. The van der Waals surface area contributed by atoms with Crippen LogP contribution in [0.4, 0.5) is 0 Å². The summed E-state index contributed by atoms with van der Waals surface area (Å²) in [6.45, 7) is 7.36. The number of tetrazole rings is 2. The van der Waals surface area contributed by atoms with Crippen LogP contribution in [-0.4, -0.2) is 50.0 Å². The van der Waals surface area contributed by atoms with Gasteiger partial charge in [-0.25, -0.2) is 14.0 Å². The van der Waals surface area contributed by atoms with Crippen molar-refractivity contribution >= 4 is 0 Å². The van der Waals surface area contributed by atoms with Gasteiger partial charge in [-0.1, -0.05) is 62.6 Å². The smallest absolute Gasteiger partial charge is 0.335 e. The molecule has 1 aliphatic heterocycles. The Morgan fingerprint density at radius 1 is 1.14 bits per heavy atom. The van der Waals surface area contributed by atoms with E-state index < -0.39 is 5.41 Å². The average Bonchev–Trinajstić information content (AvgIpc) is 3.66. The minimum absolute atomic E-state index is 0.167. The predicted octanol–water partition coefficient (Wildman–Crippen LogP) is 2.37. The summed E-state index contributed by atoms with van der Waals surface area (Å²) in [5, 5.41) is 29.7. The molecule has 12 heteroatoms. The van der Waals surface area contributed by atoms with Crippen molar-refractivity contribution in [3.63, 3.8) is 0 Å². The number of allylic oxidation sites excluding steroid dienone is 2. The zero-order valence-electron chi connectivity index (χ0n) is 21.2. The molecule has 4 aromatic rings. The molecule has 1 aromatic carbocycles. The van der Waals surface area contributed by atoms with Crippen LogP contribution in [0, 0.1) is 5.92 Å². The summed E-state index contributed by atoms with van der Waals surface area (Å²) in [7, 11) is 0. The lowest BCUT2D eigenvalue weighted by Crippen LogP contribution is -2.36. The van der Waals surface area contributed by atoms with E-state index in [4.69, 9.17) is 0 Å². The fourth-order valence-corrected chi connectivity index (χ4v) is 4.62. The van der Waals surface area contributed by atoms with Crippen LogP contribution in [0.15, 0.2) is 59.8 Å². The Bertz CT molecular complexity index is 1440. The number of dihydropyridines is 1. The fourth-order valence-electron chi connectivity index (χ4n) is 4.62. The molecule has 0 aliphatic carbocycles. The number of hydrogen-bond donors (Lipinski definition) is 2.